The Hall–Kier alpha value is -1.88. The SMILES string of the molecule is O=C(NCC1(CO)CC1)c1cc2cc(F)ccc2o1. The summed E-state index contributed by atoms with van der Waals surface area (Å²) in [6, 6.07) is 5.63. The fourth-order valence-electron chi connectivity index (χ4n) is 2.05. The predicted octanol–water partition coefficient (Wildman–Crippen LogP) is 2.07. The number of amides is 1. The summed E-state index contributed by atoms with van der Waals surface area (Å²) in [6.07, 6.45) is 1.85. The van der Waals surface area contributed by atoms with Crippen LogP contribution in [0.25, 0.3) is 11.0 Å². The van der Waals surface area contributed by atoms with Crippen molar-refractivity contribution in [1.82, 2.24) is 5.32 Å². The van der Waals surface area contributed by atoms with Crippen LogP contribution in [0.5, 0.6) is 0 Å². The summed E-state index contributed by atoms with van der Waals surface area (Å²) in [5.41, 5.74) is 0.336. The molecule has 1 amide bonds. The molecule has 0 bridgehead atoms. The highest BCUT2D eigenvalue weighted by atomic mass is 19.1. The molecule has 0 atom stereocenters. The summed E-state index contributed by atoms with van der Waals surface area (Å²) >= 11 is 0. The number of halogens is 1. The zero-order valence-corrected chi connectivity index (χ0v) is 10.3. The molecule has 1 aliphatic rings. The van der Waals surface area contributed by atoms with Gasteiger partial charge in [-0.15, -0.1) is 0 Å². The molecule has 3 rings (SSSR count). The van der Waals surface area contributed by atoms with Gasteiger partial charge in [0.05, 0.1) is 6.61 Å². The van der Waals surface area contributed by atoms with E-state index in [0.29, 0.717) is 17.5 Å². The Bertz CT molecular complexity index is 631. The molecular formula is C14H14FNO3. The first-order valence-corrected chi connectivity index (χ1v) is 6.20. The van der Waals surface area contributed by atoms with Crippen LogP contribution < -0.4 is 5.32 Å². The molecule has 1 aliphatic carbocycles. The molecule has 1 heterocycles. The molecule has 4 nitrogen and oxygen atoms in total. The van der Waals surface area contributed by atoms with Crippen LogP contribution in [-0.4, -0.2) is 24.2 Å². The third-order valence-corrected chi connectivity index (χ3v) is 3.62. The number of carbonyl (C=O) groups is 1. The van der Waals surface area contributed by atoms with Gasteiger partial charge in [-0.25, -0.2) is 4.39 Å². The minimum Gasteiger partial charge on any atom is -0.451 e. The Morgan fingerprint density at radius 2 is 2.21 bits per heavy atom. The first kappa shape index (κ1) is 12.2. The van der Waals surface area contributed by atoms with Crippen LogP contribution >= 0.6 is 0 Å². The van der Waals surface area contributed by atoms with Gasteiger partial charge in [0, 0.05) is 17.3 Å². The van der Waals surface area contributed by atoms with Crippen LogP contribution in [0.15, 0.2) is 28.7 Å². The Kier molecular flexibility index (Phi) is 2.78. The predicted molar refractivity (Wildman–Crippen MR) is 67.3 cm³/mol. The Balaban J connectivity index is 1.74. The van der Waals surface area contributed by atoms with Crippen LogP contribution in [0.3, 0.4) is 0 Å². The van der Waals surface area contributed by atoms with Crippen molar-refractivity contribution in [2.24, 2.45) is 5.41 Å². The number of benzene rings is 1. The highest BCUT2D eigenvalue weighted by Crippen LogP contribution is 2.44. The molecule has 5 heteroatoms. The fourth-order valence-corrected chi connectivity index (χ4v) is 2.05. The topological polar surface area (TPSA) is 62.5 Å². The lowest BCUT2D eigenvalue weighted by Crippen LogP contribution is -2.31. The second-order valence-corrected chi connectivity index (χ2v) is 5.13. The molecule has 0 spiro atoms. The van der Waals surface area contributed by atoms with Gasteiger partial charge in [-0.2, -0.15) is 0 Å². The van der Waals surface area contributed by atoms with Crippen LogP contribution in [0.4, 0.5) is 4.39 Å². The molecule has 0 saturated heterocycles. The summed E-state index contributed by atoms with van der Waals surface area (Å²) in [7, 11) is 0. The number of hydrogen-bond donors (Lipinski definition) is 2. The van der Waals surface area contributed by atoms with E-state index in [2.05, 4.69) is 5.32 Å². The van der Waals surface area contributed by atoms with Gasteiger partial charge >= 0.3 is 0 Å². The lowest BCUT2D eigenvalue weighted by Gasteiger charge is -2.11. The molecule has 0 aliphatic heterocycles. The van der Waals surface area contributed by atoms with E-state index in [4.69, 9.17) is 9.52 Å². The second kappa shape index (κ2) is 4.35. The minimum absolute atomic E-state index is 0.0820. The first-order valence-electron chi connectivity index (χ1n) is 6.20. The number of hydrogen-bond acceptors (Lipinski definition) is 3. The lowest BCUT2D eigenvalue weighted by atomic mass is 10.1. The van der Waals surface area contributed by atoms with Gasteiger partial charge in [0.2, 0.25) is 0 Å². The second-order valence-electron chi connectivity index (χ2n) is 5.13. The van der Waals surface area contributed by atoms with Crippen LogP contribution in [0.1, 0.15) is 23.4 Å². The summed E-state index contributed by atoms with van der Waals surface area (Å²) in [5.74, 6) is -0.539. The van der Waals surface area contributed by atoms with E-state index in [-0.39, 0.29) is 29.5 Å². The van der Waals surface area contributed by atoms with Gasteiger partial charge < -0.3 is 14.8 Å². The lowest BCUT2D eigenvalue weighted by molar-refractivity contribution is 0.0909. The zero-order chi connectivity index (χ0) is 13.5. The highest BCUT2D eigenvalue weighted by Gasteiger charge is 2.42. The molecule has 2 N–H and O–H groups in total. The van der Waals surface area contributed by atoms with Crippen molar-refractivity contribution in [3.05, 3.63) is 35.8 Å². The summed E-state index contributed by atoms with van der Waals surface area (Å²) < 4.78 is 18.4. The largest absolute Gasteiger partial charge is 0.451 e. The van der Waals surface area contributed by atoms with Crippen molar-refractivity contribution in [2.45, 2.75) is 12.8 Å². The van der Waals surface area contributed by atoms with E-state index in [9.17, 15) is 9.18 Å². The van der Waals surface area contributed by atoms with Crippen molar-refractivity contribution in [3.63, 3.8) is 0 Å². The molecule has 19 heavy (non-hydrogen) atoms. The highest BCUT2D eigenvalue weighted by molar-refractivity contribution is 5.96. The first-order chi connectivity index (χ1) is 9.12. The number of rotatable bonds is 4. The van der Waals surface area contributed by atoms with E-state index in [1.165, 1.54) is 24.3 Å². The maximum absolute atomic E-state index is 13.0. The molecule has 1 aromatic carbocycles. The standard InChI is InChI=1S/C14H14FNO3/c15-10-1-2-11-9(5-10)6-12(19-11)13(18)16-7-14(8-17)3-4-14/h1-2,5-6,17H,3-4,7-8H2,(H,16,18). The Morgan fingerprint density at radius 3 is 2.89 bits per heavy atom. The summed E-state index contributed by atoms with van der Waals surface area (Å²) in [5, 5.41) is 12.5. The third-order valence-electron chi connectivity index (χ3n) is 3.62. The van der Waals surface area contributed by atoms with Crippen molar-refractivity contribution in [3.8, 4) is 0 Å². The van der Waals surface area contributed by atoms with Gasteiger partial charge in [0.1, 0.15) is 11.4 Å². The van der Waals surface area contributed by atoms with Crippen LogP contribution in [-0.2, 0) is 0 Å². The monoisotopic (exact) mass is 263 g/mol. The quantitative estimate of drug-likeness (QED) is 0.887. The van der Waals surface area contributed by atoms with Gasteiger partial charge in [-0.3, -0.25) is 4.79 Å². The maximum atomic E-state index is 13.0. The number of fused-ring (bicyclic) bond motifs is 1. The maximum Gasteiger partial charge on any atom is 0.287 e. The van der Waals surface area contributed by atoms with E-state index in [1.807, 2.05) is 0 Å². The molecule has 0 radical (unpaired) electrons. The summed E-state index contributed by atoms with van der Waals surface area (Å²) in [4.78, 5) is 11.9. The van der Waals surface area contributed by atoms with E-state index in [0.717, 1.165) is 12.8 Å². The summed E-state index contributed by atoms with van der Waals surface area (Å²) in [6.45, 7) is 0.520. The zero-order valence-electron chi connectivity index (χ0n) is 10.3. The third kappa shape index (κ3) is 2.33. The molecule has 1 fully saturated rings. The minimum atomic E-state index is -0.363. The van der Waals surface area contributed by atoms with Crippen molar-refractivity contribution >= 4 is 16.9 Å². The molecule has 2 aromatic rings. The average Bonchev–Trinajstić information content (AvgIpc) is 3.07. The molecule has 1 aromatic heterocycles. The molecule has 0 unspecified atom stereocenters. The van der Waals surface area contributed by atoms with Crippen molar-refractivity contribution in [1.29, 1.82) is 0 Å². The number of carbonyl (C=O) groups excluding carboxylic acids is 1. The molecule has 1 saturated carbocycles. The van der Waals surface area contributed by atoms with Crippen LogP contribution in [0, 0.1) is 11.2 Å². The normalized spacial score (nSPS) is 16.5. The van der Waals surface area contributed by atoms with Gasteiger partial charge in [0.15, 0.2) is 5.76 Å². The number of aliphatic hydroxyl groups is 1. The average molecular weight is 263 g/mol. The van der Waals surface area contributed by atoms with Crippen molar-refractivity contribution < 1.29 is 18.7 Å². The van der Waals surface area contributed by atoms with Crippen molar-refractivity contribution in [2.75, 3.05) is 13.2 Å². The van der Waals surface area contributed by atoms with Crippen LogP contribution in [0.2, 0.25) is 0 Å². The molecule has 100 valence electrons. The Labute approximate surface area is 109 Å². The van der Waals surface area contributed by atoms with Gasteiger partial charge in [-0.05, 0) is 37.1 Å². The van der Waals surface area contributed by atoms with E-state index < -0.39 is 0 Å². The van der Waals surface area contributed by atoms with Gasteiger partial charge in [0.25, 0.3) is 5.91 Å². The van der Waals surface area contributed by atoms with Gasteiger partial charge in [-0.1, -0.05) is 0 Å². The van der Waals surface area contributed by atoms with E-state index in [1.54, 1.807) is 0 Å². The number of aliphatic hydroxyl groups excluding tert-OH is 1. The fraction of sp³-hybridized carbons (Fsp3) is 0.357. The van der Waals surface area contributed by atoms with E-state index >= 15 is 0 Å². The number of furan rings is 1. The molecular weight excluding hydrogens is 249 g/mol. The Morgan fingerprint density at radius 1 is 1.42 bits per heavy atom. The smallest absolute Gasteiger partial charge is 0.287 e. The number of nitrogens with one attached hydrogen (secondary N) is 1.